The molecule has 0 aliphatic carbocycles. The summed E-state index contributed by atoms with van der Waals surface area (Å²) in [5.41, 5.74) is 2.08. The number of rotatable bonds is 1. The average molecular weight is 249 g/mol. The zero-order chi connectivity index (χ0) is 13.3. The van der Waals surface area contributed by atoms with E-state index in [1.165, 1.54) is 7.11 Å². The normalized spacial score (nSPS) is 15.1. The van der Waals surface area contributed by atoms with Gasteiger partial charge in [-0.3, -0.25) is 0 Å². The van der Waals surface area contributed by atoms with Crippen LogP contribution in [-0.4, -0.2) is 29.6 Å². The van der Waals surface area contributed by atoms with Crippen molar-refractivity contribution in [2.75, 3.05) is 13.7 Å². The molecule has 98 valence electrons. The molecule has 0 bridgehead atoms. The van der Waals surface area contributed by atoms with Gasteiger partial charge >= 0.3 is 5.97 Å². The molecule has 2 heterocycles. The van der Waals surface area contributed by atoms with Gasteiger partial charge in [-0.1, -0.05) is 20.8 Å². The third kappa shape index (κ3) is 2.36. The van der Waals surface area contributed by atoms with Gasteiger partial charge in [-0.2, -0.15) is 0 Å². The Hall–Kier alpha value is -1.49. The van der Waals surface area contributed by atoms with Gasteiger partial charge in [0.25, 0.3) is 0 Å². The summed E-state index contributed by atoms with van der Waals surface area (Å²) in [5.74, 6) is 0.311. The van der Waals surface area contributed by atoms with E-state index in [2.05, 4.69) is 15.3 Å². The first-order valence-electron chi connectivity index (χ1n) is 6.13. The molecule has 0 amide bonds. The van der Waals surface area contributed by atoms with Gasteiger partial charge in [0.05, 0.1) is 12.8 Å². The van der Waals surface area contributed by atoms with E-state index < -0.39 is 0 Å². The fraction of sp³-hybridized carbons (Fsp3) is 0.615. The maximum Gasteiger partial charge on any atom is 0.357 e. The molecule has 0 atom stereocenters. The SMILES string of the molecule is COC(=O)c1nc(C(C)(C)C)nc2c1CCNC2. The van der Waals surface area contributed by atoms with Gasteiger partial charge in [0, 0.05) is 17.5 Å². The van der Waals surface area contributed by atoms with Crippen molar-refractivity contribution in [3.8, 4) is 0 Å². The van der Waals surface area contributed by atoms with Crippen LogP contribution in [0.25, 0.3) is 0 Å². The Labute approximate surface area is 107 Å². The molecule has 0 fully saturated rings. The number of methoxy groups -OCH3 is 1. The second kappa shape index (κ2) is 4.65. The summed E-state index contributed by atoms with van der Waals surface area (Å²) in [4.78, 5) is 20.8. The molecule has 5 nitrogen and oxygen atoms in total. The highest BCUT2D eigenvalue weighted by atomic mass is 16.5. The number of hydrogen-bond donors (Lipinski definition) is 1. The lowest BCUT2D eigenvalue weighted by molar-refractivity contribution is 0.0591. The average Bonchev–Trinajstić information content (AvgIpc) is 2.35. The molecule has 0 spiro atoms. The maximum atomic E-state index is 11.8. The minimum atomic E-state index is -0.374. The molecule has 2 rings (SSSR count). The number of nitrogens with one attached hydrogen (secondary N) is 1. The van der Waals surface area contributed by atoms with Crippen molar-refractivity contribution in [2.45, 2.75) is 39.2 Å². The summed E-state index contributed by atoms with van der Waals surface area (Å²) in [6, 6.07) is 0. The fourth-order valence-corrected chi connectivity index (χ4v) is 1.96. The van der Waals surface area contributed by atoms with Crippen LogP contribution in [0.1, 0.15) is 48.3 Å². The minimum Gasteiger partial charge on any atom is -0.464 e. The van der Waals surface area contributed by atoms with E-state index in [0.29, 0.717) is 18.1 Å². The molecule has 5 heteroatoms. The number of esters is 1. The highest BCUT2D eigenvalue weighted by molar-refractivity contribution is 5.89. The highest BCUT2D eigenvalue weighted by Crippen LogP contribution is 2.23. The predicted molar refractivity (Wildman–Crippen MR) is 67.5 cm³/mol. The van der Waals surface area contributed by atoms with Crippen LogP contribution in [-0.2, 0) is 23.1 Å². The summed E-state index contributed by atoms with van der Waals surface area (Å²) < 4.78 is 4.82. The number of aromatic nitrogens is 2. The number of hydrogen-bond acceptors (Lipinski definition) is 5. The molecule has 1 aliphatic rings. The van der Waals surface area contributed by atoms with Crippen LogP contribution in [0.2, 0.25) is 0 Å². The Morgan fingerprint density at radius 1 is 1.33 bits per heavy atom. The van der Waals surface area contributed by atoms with Crippen LogP contribution in [0.15, 0.2) is 0 Å². The number of fused-ring (bicyclic) bond motifs is 1. The zero-order valence-electron chi connectivity index (χ0n) is 11.3. The van der Waals surface area contributed by atoms with Crippen LogP contribution in [0.3, 0.4) is 0 Å². The molecule has 1 aromatic heterocycles. The van der Waals surface area contributed by atoms with Crippen molar-refractivity contribution < 1.29 is 9.53 Å². The summed E-state index contributed by atoms with van der Waals surface area (Å²) in [5, 5.41) is 3.26. The molecule has 1 aliphatic heterocycles. The van der Waals surface area contributed by atoms with Crippen molar-refractivity contribution in [3.05, 3.63) is 22.8 Å². The molecular weight excluding hydrogens is 230 g/mol. The maximum absolute atomic E-state index is 11.8. The Morgan fingerprint density at radius 3 is 2.67 bits per heavy atom. The summed E-state index contributed by atoms with van der Waals surface area (Å²) >= 11 is 0. The third-order valence-electron chi connectivity index (χ3n) is 2.99. The van der Waals surface area contributed by atoms with E-state index in [4.69, 9.17) is 4.74 Å². The number of ether oxygens (including phenoxy) is 1. The van der Waals surface area contributed by atoms with Gasteiger partial charge in [0.15, 0.2) is 5.69 Å². The molecule has 18 heavy (non-hydrogen) atoms. The van der Waals surface area contributed by atoms with Crippen LogP contribution in [0.5, 0.6) is 0 Å². The lowest BCUT2D eigenvalue weighted by Gasteiger charge is -2.23. The lowest BCUT2D eigenvalue weighted by Crippen LogP contribution is -2.30. The Balaban J connectivity index is 2.58. The van der Waals surface area contributed by atoms with Gasteiger partial charge in [-0.05, 0) is 13.0 Å². The van der Waals surface area contributed by atoms with E-state index in [9.17, 15) is 4.79 Å². The molecule has 0 unspecified atom stereocenters. The lowest BCUT2D eigenvalue weighted by atomic mass is 9.94. The first kappa shape index (κ1) is 13.0. The van der Waals surface area contributed by atoms with E-state index in [1.807, 2.05) is 20.8 Å². The van der Waals surface area contributed by atoms with Crippen LogP contribution in [0, 0.1) is 0 Å². The van der Waals surface area contributed by atoms with E-state index in [0.717, 1.165) is 24.2 Å². The molecule has 0 aromatic carbocycles. The second-order valence-corrected chi connectivity index (χ2v) is 5.49. The van der Waals surface area contributed by atoms with Crippen molar-refractivity contribution >= 4 is 5.97 Å². The number of carbonyl (C=O) groups excluding carboxylic acids is 1. The standard InChI is InChI=1S/C13H19N3O2/c1-13(2,3)12-15-9-7-14-6-5-8(9)10(16-12)11(17)18-4/h14H,5-7H2,1-4H3. The Morgan fingerprint density at radius 2 is 2.06 bits per heavy atom. The quantitative estimate of drug-likeness (QED) is 0.758. The topological polar surface area (TPSA) is 64.1 Å². The third-order valence-corrected chi connectivity index (χ3v) is 2.99. The molecule has 0 radical (unpaired) electrons. The summed E-state index contributed by atoms with van der Waals surface area (Å²) in [7, 11) is 1.38. The van der Waals surface area contributed by atoms with Crippen LogP contribution < -0.4 is 5.32 Å². The molecule has 0 saturated carbocycles. The van der Waals surface area contributed by atoms with E-state index in [1.54, 1.807) is 0 Å². The van der Waals surface area contributed by atoms with Gasteiger partial charge in [-0.25, -0.2) is 14.8 Å². The number of nitrogens with zero attached hydrogens (tertiary/aromatic N) is 2. The fourth-order valence-electron chi connectivity index (χ4n) is 1.96. The van der Waals surface area contributed by atoms with Crippen LogP contribution in [0.4, 0.5) is 0 Å². The Bertz CT molecular complexity index is 478. The van der Waals surface area contributed by atoms with Crippen molar-refractivity contribution in [1.29, 1.82) is 0 Å². The minimum absolute atomic E-state index is 0.185. The second-order valence-electron chi connectivity index (χ2n) is 5.49. The summed E-state index contributed by atoms with van der Waals surface area (Å²) in [6.45, 7) is 7.63. The molecule has 0 saturated heterocycles. The largest absolute Gasteiger partial charge is 0.464 e. The van der Waals surface area contributed by atoms with Gasteiger partial charge < -0.3 is 10.1 Å². The van der Waals surface area contributed by atoms with Crippen molar-refractivity contribution in [3.63, 3.8) is 0 Å². The van der Waals surface area contributed by atoms with E-state index >= 15 is 0 Å². The zero-order valence-corrected chi connectivity index (χ0v) is 11.3. The molecule has 1 N–H and O–H groups in total. The number of carbonyl (C=O) groups is 1. The van der Waals surface area contributed by atoms with Crippen LogP contribution >= 0.6 is 0 Å². The first-order chi connectivity index (χ1) is 8.43. The predicted octanol–water partition coefficient (Wildman–Crippen LogP) is 1.21. The Kier molecular flexibility index (Phi) is 3.34. The highest BCUT2D eigenvalue weighted by Gasteiger charge is 2.26. The van der Waals surface area contributed by atoms with Gasteiger partial charge in [0.2, 0.25) is 0 Å². The van der Waals surface area contributed by atoms with Gasteiger partial charge in [-0.15, -0.1) is 0 Å². The van der Waals surface area contributed by atoms with Crippen molar-refractivity contribution in [2.24, 2.45) is 0 Å². The summed E-state index contributed by atoms with van der Waals surface area (Å²) in [6.07, 6.45) is 0.768. The monoisotopic (exact) mass is 249 g/mol. The smallest absolute Gasteiger partial charge is 0.357 e. The van der Waals surface area contributed by atoms with E-state index in [-0.39, 0.29) is 11.4 Å². The van der Waals surface area contributed by atoms with Gasteiger partial charge in [0.1, 0.15) is 5.82 Å². The molecule has 1 aromatic rings. The molecular formula is C13H19N3O2. The van der Waals surface area contributed by atoms with Crippen molar-refractivity contribution in [1.82, 2.24) is 15.3 Å². The first-order valence-corrected chi connectivity index (χ1v) is 6.13.